The third kappa shape index (κ3) is 5.46. The van der Waals surface area contributed by atoms with Gasteiger partial charge in [-0.15, -0.1) is 10.2 Å². The predicted molar refractivity (Wildman–Crippen MR) is 106 cm³/mol. The van der Waals surface area contributed by atoms with Gasteiger partial charge >= 0.3 is 6.03 Å². The molecule has 0 atom stereocenters. The van der Waals surface area contributed by atoms with Gasteiger partial charge in [-0.2, -0.15) is 0 Å². The molecule has 2 amide bonds. The maximum Gasteiger partial charge on any atom is 0.325 e. The fourth-order valence-electron chi connectivity index (χ4n) is 2.07. The molecule has 27 heavy (non-hydrogen) atoms. The number of nitrogens with one attached hydrogen (secondary N) is 2. The van der Waals surface area contributed by atoms with Crippen molar-refractivity contribution in [2.75, 3.05) is 17.7 Å². The maximum absolute atomic E-state index is 12.2. The molecule has 0 saturated heterocycles. The number of hydrogen-bond donors (Lipinski definition) is 2. The van der Waals surface area contributed by atoms with Crippen molar-refractivity contribution in [1.82, 2.24) is 10.2 Å². The average molecular weight is 425 g/mol. The molecule has 1 heterocycles. The van der Waals surface area contributed by atoms with Crippen LogP contribution in [-0.2, 0) is 6.61 Å². The topological polar surface area (TPSA) is 85.4 Å². The highest BCUT2D eigenvalue weighted by molar-refractivity contribution is 7.15. The van der Waals surface area contributed by atoms with Crippen LogP contribution >= 0.6 is 34.5 Å². The van der Waals surface area contributed by atoms with E-state index in [4.69, 9.17) is 32.7 Å². The lowest BCUT2D eigenvalue weighted by molar-refractivity contribution is 0.262. The summed E-state index contributed by atoms with van der Waals surface area (Å²) in [7, 11) is 1.50. The standard InChI is InChI=1S/C17H14Cl2N4O3S/c1-25-14-7-4-11(19)8-13(14)20-16(24)21-17-23-22-15(27-17)9-26-12-5-2-10(18)3-6-12/h2-8H,9H2,1H3,(H2,20,21,23,24). The van der Waals surface area contributed by atoms with Crippen LogP contribution in [0.4, 0.5) is 15.6 Å². The maximum atomic E-state index is 12.2. The van der Waals surface area contributed by atoms with Crippen molar-refractivity contribution in [1.29, 1.82) is 0 Å². The van der Waals surface area contributed by atoms with E-state index in [0.29, 0.717) is 37.4 Å². The van der Waals surface area contributed by atoms with E-state index in [9.17, 15) is 4.79 Å². The van der Waals surface area contributed by atoms with Gasteiger partial charge in [0.25, 0.3) is 0 Å². The van der Waals surface area contributed by atoms with Crippen molar-refractivity contribution in [3.05, 3.63) is 57.5 Å². The van der Waals surface area contributed by atoms with Crippen LogP contribution in [0.2, 0.25) is 10.0 Å². The molecule has 0 aliphatic carbocycles. The number of aromatic nitrogens is 2. The van der Waals surface area contributed by atoms with E-state index in [-0.39, 0.29) is 6.61 Å². The quantitative estimate of drug-likeness (QED) is 0.576. The van der Waals surface area contributed by atoms with E-state index in [1.165, 1.54) is 18.4 Å². The Morgan fingerprint density at radius 3 is 2.56 bits per heavy atom. The minimum Gasteiger partial charge on any atom is -0.495 e. The SMILES string of the molecule is COc1ccc(Cl)cc1NC(=O)Nc1nnc(COc2ccc(Cl)cc2)s1. The summed E-state index contributed by atoms with van der Waals surface area (Å²) in [6, 6.07) is 11.4. The van der Waals surface area contributed by atoms with Gasteiger partial charge in [-0.1, -0.05) is 34.5 Å². The third-order valence-corrected chi connectivity index (χ3v) is 4.57. The highest BCUT2D eigenvalue weighted by atomic mass is 35.5. The number of rotatable bonds is 6. The summed E-state index contributed by atoms with van der Waals surface area (Å²) in [5.74, 6) is 1.15. The first-order valence-electron chi connectivity index (χ1n) is 7.66. The number of urea groups is 1. The van der Waals surface area contributed by atoms with Crippen LogP contribution in [0.1, 0.15) is 5.01 Å². The van der Waals surface area contributed by atoms with Crippen LogP contribution in [0.15, 0.2) is 42.5 Å². The third-order valence-electron chi connectivity index (χ3n) is 3.27. The van der Waals surface area contributed by atoms with Gasteiger partial charge in [-0.25, -0.2) is 4.79 Å². The second-order valence-corrected chi connectivity index (χ2v) is 7.10. The molecule has 10 heteroatoms. The van der Waals surface area contributed by atoms with Crippen molar-refractivity contribution >= 4 is 51.4 Å². The smallest absolute Gasteiger partial charge is 0.325 e. The summed E-state index contributed by atoms with van der Waals surface area (Å²) < 4.78 is 10.8. The molecular weight excluding hydrogens is 411 g/mol. The Morgan fingerprint density at radius 2 is 1.81 bits per heavy atom. The zero-order chi connectivity index (χ0) is 19.2. The lowest BCUT2D eigenvalue weighted by Gasteiger charge is -2.10. The molecule has 2 aromatic carbocycles. The fourth-order valence-corrected chi connectivity index (χ4v) is 3.01. The summed E-state index contributed by atoms with van der Waals surface area (Å²) in [5, 5.41) is 15.2. The lowest BCUT2D eigenvalue weighted by Crippen LogP contribution is -2.19. The minimum atomic E-state index is -0.489. The summed E-state index contributed by atoms with van der Waals surface area (Å²) in [5.41, 5.74) is 0.443. The predicted octanol–water partition coefficient (Wildman–Crippen LogP) is 5.08. The van der Waals surface area contributed by atoms with Gasteiger partial charge < -0.3 is 14.8 Å². The molecule has 1 aromatic heterocycles. The van der Waals surface area contributed by atoms with Crippen molar-refractivity contribution < 1.29 is 14.3 Å². The summed E-state index contributed by atoms with van der Waals surface area (Å²) in [6.45, 7) is 0.227. The molecular formula is C17H14Cl2N4O3S. The first-order chi connectivity index (χ1) is 13.0. The van der Waals surface area contributed by atoms with Gasteiger partial charge in [-0.3, -0.25) is 5.32 Å². The largest absolute Gasteiger partial charge is 0.495 e. The van der Waals surface area contributed by atoms with E-state index < -0.39 is 6.03 Å². The molecule has 0 saturated carbocycles. The van der Waals surface area contributed by atoms with Crippen LogP contribution in [0.3, 0.4) is 0 Å². The number of amides is 2. The molecule has 140 valence electrons. The van der Waals surface area contributed by atoms with Crippen molar-refractivity contribution in [2.24, 2.45) is 0 Å². The van der Waals surface area contributed by atoms with E-state index in [2.05, 4.69) is 20.8 Å². The van der Waals surface area contributed by atoms with E-state index >= 15 is 0 Å². The Hall–Kier alpha value is -2.55. The van der Waals surface area contributed by atoms with E-state index in [0.717, 1.165) is 0 Å². The molecule has 0 spiro atoms. The Balaban J connectivity index is 1.56. The zero-order valence-electron chi connectivity index (χ0n) is 14.0. The highest BCUT2D eigenvalue weighted by Crippen LogP contribution is 2.28. The number of halogens is 2. The molecule has 0 unspecified atom stereocenters. The van der Waals surface area contributed by atoms with Gasteiger partial charge in [-0.05, 0) is 42.5 Å². The van der Waals surface area contributed by atoms with Crippen LogP contribution in [0.5, 0.6) is 11.5 Å². The number of carbonyl (C=O) groups excluding carboxylic acids is 1. The Kier molecular flexibility index (Phi) is 6.33. The monoisotopic (exact) mass is 424 g/mol. The van der Waals surface area contributed by atoms with Crippen LogP contribution < -0.4 is 20.1 Å². The number of ether oxygens (including phenoxy) is 2. The Bertz CT molecular complexity index is 934. The second kappa shape index (κ2) is 8.90. The first kappa shape index (κ1) is 19.2. The van der Waals surface area contributed by atoms with Gasteiger partial charge in [0.2, 0.25) is 5.13 Å². The summed E-state index contributed by atoms with van der Waals surface area (Å²) in [6.07, 6.45) is 0. The summed E-state index contributed by atoms with van der Waals surface area (Å²) in [4.78, 5) is 12.2. The second-order valence-electron chi connectivity index (χ2n) is 5.17. The first-order valence-corrected chi connectivity index (χ1v) is 9.23. The van der Waals surface area contributed by atoms with Gasteiger partial charge in [0.1, 0.15) is 18.1 Å². The molecule has 0 radical (unpaired) electrons. The molecule has 7 nitrogen and oxygen atoms in total. The van der Waals surface area contributed by atoms with Crippen molar-refractivity contribution in [2.45, 2.75) is 6.61 Å². The number of hydrogen-bond acceptors (Lipinski definition) is 6. The minimum absolute atomic E-state index is 0.227. The molecule has 0 fully saturated rings. The Labute approximate surface area is 169 Å². The molecule has 0 aliphatic rings. The molecule has 3 aromatic rings. The molecule has 2 N–H and O–H groups in total. The number of nitrogens with zero attached hydrogens (tertiary/aromatic N) is 2. The van der Waals surface area contributed by atoms with E-state index in [1.54, 1.807) is 42.5 Å². The number of carbonyl (C=O) groups is 1. The highest BCUT2D eigenvalue weighted by Gasteiger charge is 2.11. The Morgan fingerprint density at radius 1 is 1.07 bits per heavy atom. The van der Waals surface area contributed by atoms with Crippen molar-refractivity contribution in [3.63, 3.8) is 0 Å². The molecule has 0 bridgehead atoms. The van der Waals surface area contributed by atoms with E-state index in [1.807, 2.05) is 0 Å². The zero-order valence-corrected chi connectivity index (χ0v) is 16.4. The number of methoxy groups -OCH3 is 1. The number of anilines is 2. The van der Waals surface area contributed by atoms with Gasteiger partial charge in [0.05, 0.1) is 12.8 Å². The lowest BCUT2D eigenvalue weighted by atomic mass is 10.3. The van der Waals surface area contributed by atoms with Crippen molar-refractivity contribution in [3.8, 4) is 11.5 Å². The van der Waals surface area contributed by atoms with Gasteiger partial charge in [0.15, 0.2) is 5.01 Å². The molecule has 0 aliphatic heterocycles. The summed E-state index contributed by atoms with van der Waals surface area (Å²) >= 11 is 13.0. The molecule has 3 rings (SSSR count). The normalized spacial score (nSPS) is 10.3. The fraction of sp³-hybridized carbons (Fsp3) is 0.118. The number of benzene rings is 2. The van der Waals surface area contributed by atoms with Crippen LogP contribution in [0, 0.1) is 0 Å². The van der Waals surface area contributed by atoms with Crippen LogP contribution in [0.25, 0.3) is 0 Å². The average Bonchev–Trinajstić information content (AvgIpc) is 3.08. The van der Waals surface area contributed by atoms with Gasteiger partial charge in [0, 0.05) is 10.0 Å². The van der Waals surface area contributed by atoms with Crippen LogP contribution in [-0.4, -0.2) is 23.3 Å².